The number of aryl methyl sites for hydroxylation is 1. The number of hydrogen-bond donors (Lipinski definition) is 2. The van der Waals surface area contributed by atoms with Gasteiger partial charge in [0.2, 0.25) is 0 Å². The molecular weight excluding hydrogens is 435 g/mol. The second-order valence-electron chi connectivity index (χ2n) is 7.16. The van der Waals surface area contributed by atoms with Crippen LogP contribution in [0.1, 0.15) is 5.56 Å². The molecule has 0 spiro atoms. The third-order valence-electron chi connectivity index (χ3n) is 5.24. The lowest BCUT2D eigenvalue weighted by molar-refractivity contribution is 0.345. The minimum Gasteiger partial charge on any atom is -0.507 e. The summed E-state index contributed by atoms with van der Waals surface area (Å²) in [6.45, 7) is 2.60. The van der Waals surface area contributed by atoms with E-state index in [-0.39, 0.29) is 11.5 Å². The summed E-state index contributed by atoms with van der Waals surface area (Å²) in [5.41, 5.74) is 1.86. The Morgan fingerprint density at radius 2 is 1.26 bits per heavy atom. The van der Waals surface area contributed by atoms with Crippen LogP contribution in [0, 0.1) is 6.92 Å². The molecule has 0 atom stereocenters. The molecule has 0 heterocycles. The first-order chi connectivity index (χ1) is 15.1. The van der Waals surface area contributed by atoms with Crippen molar-refractivity contribution in [2.45, 2.75) is 6.92 Å². The normalized spacial score (nSPS) is 11.2. The van der Waals surface area contributed by atoms with Gasteiger partial charge >= 0.3 is 0 Å². The molecule has 31 heavy (non-hydrogen) atoms. The number of alkyl halides is 2. The molecule has 160 valence electrons. The van der Waals surface area contributed by atoms with Crippen LogP contribution in [0.25, 0.3) is 32.7 Å². The maximum absolute atomic E-state index is 11.2. The minimum absolute atomic E-state index is 0.0550. The molecular formula is C25H22Cl2O4. The zero-order valence-corrected chi connectivity index (χ0v) is 18.5. The number of hydrogen-bond acceptors (Lipinski definition) is 4. The first-order valence-electron chi connectivity index (χ1n) is 9.94. The van der Waals surface area contributed by atoms with Crippen molar-refractivity contribution in [3.05, 3.63) is 60.2 Å². The van der Waals surface area contributed by atoms with Gasteiger partial charge in [-0.25, -0.2) is 0 Å². The second kappa shape index (κ2) is 9.13. The molecule has 0 unspecified atom stereocenters. The van der Waals surface area contributed by atoms with Crippen molar-refractivity contribution >= 4 is 44.7 Å². The SMILES string of the molecule is Cc1cccc2c(O)c(-c3cc(OCCCl)c4ccccc4c3O)cc(OCCCl)c12. The van der Waals surface area contributed by atoms with E-state index in [2.05, 4.69) is 0 Å². The van der Waals surface area contributed by atoms with E-state index in [0.29, 0.717) is 58.4 Å². The molecule has 4 rings (SSSR count). The Morgan fingerprint density at radius 3 is 1.94 bits per heavy atom. The van der Waals surface area contributed by atoms with Crippen molar-refractivity contribution in [1.29, 1.82) is 0 Å². The van der Waals surface area contributed by atoms with E-state index < -0.39 is 0 Å². The predicted molar refractivity (Wildman–Crippen MR) is 127 cm³/mol. The summed E-state index contributed by atoms with van der Waals surface area (Å²) < 4.78 is 11.8. The molecule has 4 aromatic carbocycles. The van der Waals surface area contributed by atoms with Gasteiger partial charge in [0.15, 0.2) is 0 Å². The number of ether oxygens (including phenoxy) is 2. The number of halogens is 2. The van der Waals surface area contributed by atoms with E-state index in [9.17, 15) is 10.2 Å². The van der Waals surface area contributed by atoms with Gasteiger partial charge in [0, 0.05) is 32.7 Å². The maximum Gasteiger partial charge on any atom is 0.131 e. The van der Waals surface area contributed by atoms with Crippen LogP contribution in [0.2, 0.25) is 0 Å². The molecule has 4 aromatic rings. The van der Waals surface area contributed by atoms with Gasteiger partial charge in [-0.2, -0.15) is 0 Å². The molecule has 0 fully saturated rings. The Bertz CT molecular complexity index is 1250. The molecule has 0 amide bonds. The first kappa shape index (κ1) is 21.4. The Balaban J connectivity index is 2.02. The van der Waals surface area contributed by atoms with Crippen molar-refractivity contribution < 1.29 is 19.7 Å². The van der Waals surface area contributed by atoms with Gasteiger partial charge in [0.05, 0.1) is 11.8 Å². The van der Waals surface area contributed by atoms with Gasteiger partial charge < -0.3 is 19.7 Å². The fourth-order valence-corrected chi connectivity index (χ4v) is 4.03. The van der Waals surface area contributed by atoms with E-state index in [1.54, 1.807) is 12.1 Å². The van der Waals surface area contributed by atoms with Crippen LogP contribution in [0.15, 0.2) is 54.6 Å². The minimum atomic E-state index is 0.0550. The van der Waals surface area contributed by atoms with Crippen molar-refractivity contribution in [2.24, 2.45) is 0 Å². The zero-order valence-electron chi connectivity index (χ0n) is 17.0. The molecule has 6 heteroatoms. The average molecular weight is 457 g/mol. The van der Waals surface area contributed by atoms with Gasteiger partial charge in [-0.1, -0.05) is 42.5 Å². The Kier molecular flexibility index (Phi) is 6.30. The summed E-state index contributed by atoms with van der Waals surface area (Å²) in [6.07, 6.45) is 0. The quantitative estimate of drug-likeness (QED) is 0.307. The molecule has 0 radical (unpaired) electrons. The first-order valence-corrected chi connectivity index (χ1v) is 11.0. The van der Waals surface area contributed by atoms with Crippen molar-refractivity contribution in [3.8, 4) is 34.1 Å². The number of aromatic hydroxyl groups is 2. The molecule has 0 aliphatic rings. The van der Waals surface area contributed by atoms with Gasteiger partial charge in [0.1, 0.15) is 36.2 Å². The van der Waals surface area contributed by atoms with Crippen LogP contribution in [0.5, 0.6) is 23.0 Å². The van der Waals surface area contributed by atoms with Crippen molar-refractivity contribution in [1.82, 2.24) is 0 Å². The third kappa shape index (κ3) is 3.93. The summed E-state index contributed by atoms with van der Waals surface area (Å²) in [4.78, 5) is 0. The van der Waals surface area contributed by atoms with Crippen LogP contribution in [-0.4, -0.2) is 35.2 Å². The Labute approximate surface area is 190 Å². The monoisotopic (exact) mass is 456 g/mol. The van der Waals surface area contributed by atoms with E-state index in [1.807, 2.05) is 49.4 Å². The largest absolute Gasteiger partial charge is 0.507 e. The van der Waals surface area contributed by atoms with Crippen LogP contribution >= 0.6 is 23.2 Å². The lowest BCUT2D eigenvalue weighted by Crippen LogP contribution is -2.01. The molecule has 0 saturated carbocycles. The fraction of sp³-hybridized carbons (Fsp3) is 0.200. The number of fused-ring (bicyclic) bond motifs is 2. The molecule has 0 saturated heterocycles. The van der Waals surface area contributed by atoms with Crippen molar-refractivity contribution in [3.63, 3.8) is 0 Å². The highest BCUT2D eigenvalue weighted by molar-refractivity contribution is 6.18. The molecule has 4 nitrogen and oxygen atoms in total. The summed E-state index contributed by atoms with van der Waals surface area (Å²) in [5.74, 6) is 1.96. The second-order valence-corrected chi connectivity index (χ2v) is 7.92. The highest BCUT2D eigenvalue weighted by Gasteiger charge is 2.20. The summed E-state index contributed by atoms with van der Waals surface area (Å²) in [6, 6.07) is 16.5. The number of phenolic OH excluding ortho intramolecular Hbond substituents is 2. The van der Waals surface area contributed by atoms with E-state index in [0.717, 1.165) is 16.3 Å². The maximum atomic E-state index is 11.2. The highest BCUT2D eigenvalue weighted by atomic mass is 35.5. The molecule has 0 bridgehead atoms. The van der Waals surface area contributed by atoms with E-state index in [4.69, 9.17) is 32.7 Å². The van der Waals surface area contributed by atoms with Crippen LogP contribution in [0.3, 0.4) is 0 Å². The van der Waals surface area contributed by atoms with Gasteiger partial charge in [0.25, 0.3) is 0 Å². The van der Waals surface area contributed by atoms with E-state index in [1.165, 1.54) is 0 Å². The summed E-state index contributed by atoms with van der Waals surface area (Å²) in [5, 5.41) is 25.1. The molecule has 0 aliphatic heterocycles. The van der Waals surface area contributed by atoms with Crippen molar-refractivity contribution in [2.75, 3.05) is 25.0 Å². The molecule has 0 aliphatic carbocycles. The van der Waals surface area contributed by atoms with Crippen LogP contribution in [-0.2, 0) is 0 Å². The molecule has 2 N–H and O–H groups in total. The predicted octanol–water partition coefficient (Wildman–Crippen LogP) is 6.61. The smallest absolute Gasteiger partial charge is 0.131 e. The number of phenols is 2. The van der Waals surface area contributed by atoms with Crippen LogP contribution < -0.4 is 9.47 Å². The Morgan fingerprint density at radius 1 is 0.710 bits per heavy atom. The zero-order chi connectivity index (χ0) is 22.0. The van der Waals surface area contributed by atoms with Crippen LogP contribution in [0.4, 0.5) is 0 Å². The topological polar surface area (TPSA) is 58.9 Å². The van der Waals surface area contributed by atoms with Gasteiger partial charge in [-0.15, -0.1) is 23.2 Å². The molecule has 0 aromatic heterocycles. The van der Waals surface area contributed by atoms with E-state index >= 15 is 0 Å². The summed E-state index contributed by atoms with van der Waals surface area (Å²) >= 11 is 11.7. The Hall–Kier alpha value is -2.82. The number of rotatable bonds is 7. The highest BCUT2D eigenvalue weighted by Crippen LogP contribution is 2.48. The van der Waals surface area contributed by atoms with Gasteiger partial charge in [-0.3, -0.25) is 0 Å². The standard InChI is InChI=1S/C25H22Cl2O4/c1-15-5-4-8-18-23(15)22(31-12-10-27)14-20(25(18)29)19-13-21(30-11-9-26)16-6-2-3-7-17(16)24(19)28/h2-8,13-14,28-29H,9-12H2,1H3. The average Bonchev–Trinajstić information content (AvgIpc) is 2.79. The fourth-order valence-electron chi connectivity index (χ4n) is 3.88. The lowest BCUT2D eigenvalue weighted by Gasteiger charge is -2.18. The summed E-state index contributed by atoms with van der Waals surface area (Å²) in [7, 11) is 0. The lowest BCUT2D eigenvalue weighted by atomic mass is 9.94. The third-order valence-corrected chi connectivity index (χ3v) is 5.55. The number of benzene rings is 4. The van der Waals surface area contributed by atoms with Gasteiger partial charge in [-0.05, 0) is 24.6 Å².